The van der Waals surface area contributed by atoms with Crippen LogP contribution in [0.1, 0.15) is 24.1 Å². The summed E-state index contributed by atoms with van der Waals surface area (Å²) in [6.07, 6.45) is 3.68. The number of aromatic nitrogens is 1. The molecule has 4 N–H and O–H groups in total. The van der Waals surface area contributed by atoms with Crippen molar-refractivity contribution in [1.82, 2.24) is 3.97 Å². The molecule has 0 radical (unpaired) electrons. The van der Waals surface area contributed by atoms with E-state index in [1.54, 1.807) is 24.4 Å². The molecular formula is C21H21N5O2S. The SMILES string of the molecule is NC(N)=N/N=C1/CCCc2c1ccn2S(=O)(=O)c1ccc(-c2ccccc2)cc1. The van der Waals surface area contributed by atoms with Gasteiger partial charge < -0.3 is 11.5 Å². The van der Waals surface area contributed by atoms with E-state index in [0.29, 0.717) is 24.2 Å². The van der Waals surface area contributed by atoms with Crippen LogP contribution in [0.5, 0.6) is 0 Å². The highest BCUT2D eigenvalue weighted by Gasteiger charge is 2.26. The van der Waals surface area contributed by atoms with Crippen LogP contribution in [0.2, 0.25) is 0 Å². The third-order valence-corrected chi connectivity index (χ3v) is 6.62. The molecule has 0 saturated carbocycles. The predicted molar refractivity (Wildman–Crippen MR) is 114 cm³/mol. The monoisotopic (exact) mass is 407 g/mol. The smallest absolute Gasteiger partial charge is 0.267 e. The van der Waals surface area contributed by atoms with E-state index in [0.717, 1.165) is 23.1 Å². The van der Waals surface area contributed by atoms with Crippen molar-refractivity contribution in [2.24, 2.45) is 21.7 Å². The summed E-state index contributed by atoms with van der Waals surface area (Å²) >= 11 is 0. The van der Waals surface area contributed by atoms with Crippen molar-refractivity contribution in [3.63, 3.8) is 0 Å². The Kier molecular flexibility index (Phi) is 4.94. The van der Waals surface area contributed by atoms with Gasteiger partial charge in [0.25, 0.3) is 10.0 Å². The molecule has 7 nitrogen and oxygen atoms in total. The zero-order valence-electron chi connectivity index (χ0n) is 15.7. The fourth-order valence-corrected chi connectivity index (χ4v) is 4.93. The Morgan fingerprint density at radius 3 is 2.28 bits per heavy atom. The number of rotatable bonds is 4. The van der Waals surface area contributed by atoms with Crippen LogP contribution in [0, 0.1) is 0 Å². The second-order valence-electron chi connectivity index (χ2n) is 6.79. The second-order valence-corrected chi connectivity index (χ2v) is 8.61. The molecule has 0 bridgehead atoms. The third kappa shape index (κ3) is 3.66. The Bertz CT molecular complexity index is 1190. The highest BCUT2D eigenvalue weighted by atomic mass is 32.2. The number of fused-ring (bicyclic) bond motifs is 1. The molecule has 8 heteroatoms. The molecule has 1 heterocycles. The lowest BCUT2D eigenvalue weighted by atomic mass is 9.96. The van der Waals surface area contributed by atoms with E-state index in [1.807, 2.05) is 42.5 Å². The summed E-state index contributed by atoms with van der Waals surface area (Å²) < 4.78 is 27.8. The Morgan fingerprint density at radius 2 is 1.59 bits per heavy atom. The first kappa shape index (κ1) is 18.9. The van der Waals surface area contributed by atoms with Gasteiger partial charge in [0.05, 0.1) is 10.6 Å². The van der Waals surface area contributed by atoms with Gasteiger partial charge in [-0.1, -0.05) is 42.5 Å². The summed E-state index contributed by atoms with van der Waals surface area (Å²) in [6.45, 7) is 0. The maximum atomic E-state index is 13.2. The second kappa shape index (κ2) is 7.56. The van der Waals surface area contributed by atoms with E-state index in [4.69, 9.17) is 11.5 Å². The quantitative estimate of drug-likeness (QED) is 0.393. The fourth-order valence-electron chi connectivity index (χ4n) is 3.52. The normalized spacial score (nSPS) is 15.1. The largest absolute Gasteiger partial charge is 0.369 e. The molecule has 4 rings (SSSR count). The Morgan fingerprint density at radius 1 is 0.897 bits per heavy atom. The molecule has 0 atom stereocenters. The number of benzene rings is 2. The molecule has 1 aromatic heterocycles. The maximum absolute atomic E-state index is 13.2. The van der Waals surface area contributed by atoms with E-state index in [2.05, 4.69) is 10.2 Å². The molecule has 148 valence electrons. The Labute approximate surface area is 169 Å². The lowest BCUT2D eigenvalue weighted by Gasteiger charge is -2.17. The zero-order valence-corrected chi connectivity index (χ0v) is 16.5. The molecule has 1 aliphatic carbocycles. The van der Waals surface area contributed by atoms with E-state index >= 15 is 0 Å². The maximum Gasteiger partial charge on any atom is 0.267 e. The first-order chi connectivity index (χ1) is 14.0. The van der Waals surface area contributed by atoms with Crippen LogP contribution < -0.4 is 11.5 Å². The molecule has 0 unspecified atom stereocenters. The molecule has 0 spiro atoms. The van der Waals surface area contributed by atoms with E-state index in [1.165, 1.54) is 3.97 Å². The standard InChI is InChI=1S/C21H21N5O2S/c22-21(23)25-24-19-7-4-8-20-18(19)13-14-26(20)29(27,28)17-11-9-16(10-12-17)15-5-2-1-3-6-15/h1-3,5-6,9-14H,4,7-8H2,(H4,22,23,25)/b24-19-. The van der Waals surface area contributed by atoms with E-state index < -0.39 is 10.0 Å². The van der Waals surface area contributed by atoms with Crippen molar-refractivity contribution >= 4 is 21.7 Å². The first-order valence-electron chi connectivity index (χ1n) is 9.24. The van der Waals surface area contributed by atoms with Gasteiger partial charge in [-0.2, -0.15) is 5.10 Å². The molecule has 0 aliphatic heterocycles. The molecule has 0 fully saturated rings. The predicted octanol–water partition coefficient (Wildman–Crippen LogP) is 2.71. The number of nitrogens with two attached hydrogens (primary N) is 2. The van der Waals surface area contributed by atoms with Gasteiger partial charge in [-0.05, 0) is 48.6 Å². The summed E-state index contributed by atoms with van der Waals surface area (Å²) in [5.41, 5.74) is 14.9. The number of hydrogen-bond donors (Lipinski definition) is 2. The molecular weight excluding hydrogens is 386 g/mol. The average molecular weight is 407 g/mol. The Hall–Kier alpha value is -3.39. The van der Waals surface area contributed by atoms with Crippen molar-refractivity contribution in [2.75, 3.05) is 0 Å². The molecule has 29 heavy (non-hydrogen) atoms. The fraction of sp³-hybridized carbons (Fsp3) is 0.143. The zero-order chi connectivity index (χ0) is 20.4. The average Bonchev–Trinajstić information content (AvgIpc) is 3.18. The van der Waals surface area contributed by atoms with Crippen molar-refractivity contribution < 1.29 is 8.42 Å². The lowest BCUT2D eigenvalue weighted by Crippen LogP contribution is -2.22. The van der Waals surface area contributed by atoms with Gasteiger partial charge in [0.2, 0.25) is 5.96 Å². The van der Waals surface area contributed by atoms with Crippen LogP contribution in [0.4, 0.5) is 0 Å². The van der Waals surface area contributed by atoms with Crippen LogP contribution in [0.25, 0.3) is 11.1 Å². The van der Waals surface area contributed by atoms with Crippen molar-refractivity contribution in [1.29, 1.82) is 0 Å². The minimum absolute atomic E-state index is 0.129. The minimum Gasteiger partial charge on any atom is -0.369 e. The first-order valence-corrected chi connectivity index (χ1v) is 10.7. The number of hydrogen-bond acceptors (Lipinski definition) is 4. The minimum atomic E-state index is -3.71. The van der Waals surface area contributed by atoms with Gasteiger partial charge in [-0.3, -0.25) is 0 Å². The highest BCUT2D eigenvalue weighted by molar-refractivity contribution is 7.90. The van der Waals surface area contributed by atoms with Gasteiger partial charge in [0, 0.05) is 17.5 Å². The van der Waals surface area contributed by atoms with Gasteiger partial charge in [-0.15, -0.1) is 5.10 Å². The Balaban J connectivity index is 1.70. The van der Waals surface area contributed by atoms with E-state index in [9.17, 15) is 8.42 Å². The highest BCUT2D eigenvalue weighted by Crippen LogP contribution is 2.28. The van der Waals surface area contributed by atoms with Crippen LogP contribution in [0.15, 0.2) is 82.0 Å². The van der Waals surface area contributed by atoms with Crippen molar-refractivity contribution in [2.45, 2.75) is 24.2 Å². The molecule has 0 amide bonds. The molecule has 1 aliphatic rings. The van der Waals surface area contributed by atoms with Gasteiger partial charge in [-0.25, -0.2) is 12.4 Å². The van der Waals surface area contributed by atoms with Crippen molar-refractivity contribution in [3.05, 3.63) is 78.1 Å². The van der Waals surface area contributed by atoms with Crippen LogP contribution in [-0.4, -0.2) is 24.1 Å². The number of nitrogens with zero attached hydrogens (tertiary/aromatic N) is 3. The van der Waals surface area contributed by atoms with Crippen molar-refractivity contribution in [3.8, 4) is 11.1 Å². The van der Waals surface area contributed by atoms with Crippen LogP contribution >= 0.6 is 0 Å². The van der Waals surface area contributed by atoms with Gasteiger partial charge >= 0.3 is 0 Å². The summed E-state index contributed by atoms with van der Waals surface area (Å²) in [6, 6.07) is 18.5. The van der Waals surface area contributed by atoms with Gasteiger partial charge in [0.1, 0.15) is 0 Å². The number of guanidine groups is 1. The molecule has 2 aromatic carbocycles. The summed E-state index contributed by atoms with van der Waals surface area (Å²) in [5.74, 6) is -0.129. The topological polar surface area (TPSA) is 116 Å². The van der Waals surface area contributed by atoms with Gasteiger partial charge in [0.15, 0.2) is 0 Å². The van der Waals surface area contributed by atoms with E-state index in [-0.39, 0.29) is 10.9 Å². The van der Waals surface area contributed by atoms with Crippen LogP contribution in [0.3, 0.4) is 0 Å². The summed E-state index contributed by atoms with van der Waals surface area (Å²) in [5, 5.41) is 7.80. The lowest BCUT2D eigenvalue weighted by molar-refractivity contribution is 0.584. The third-order valence-electron chi connectivity index (χ3n) is 4.90. The summed E-state index contributed by atoms with van der Waals surface area (Å²) in [7, 11) is -3.71. The van der Waals surface area contributed by atoms with Crippen LogP contribution in [-0.2, 0) is 16.4 Å². The molecule has 0 saturated heterocycles. The summed E-state index contributed by atoms with van der Waals surface area (Å²) in [4.78, 5) is 0.240. The molecule has 3 aromatic rings.